The van der Waals surface area contributed by atoms with E-state index >= 15 is 0 Å². The fraction of sp³-hybridized carbons (Fsp3) is 0.391. The lowest BCUT2D eigenvalue weighted by Gasteiger charge is -2.40. The van der Waals surface area contributed by atoms with Gasteiger partial charge in [-0.05, 0) is 37.4 Å². The molecule has 1 amide bonds. The summed E-state index contributed by atoms with van der Waals surface area (Å²) >= 11 is 6.15. The first-order valence-electron chi connectivity index (χ1n) is 10.8. The van der Waals surface area contributed by atoms with Crippen molar-refractivity contribution < 1.29 is 31.5 Å². The van der Waals surface area contributed by atoms with Gasteiger partial charge in [-0.3, -0.25) is 9.69 Å². The molecule has 0 spiro atoms. The van der Waals surface area contributed by atoms with Crippen molar-refractivity contribution in [1.29, 1.82) is 0 Å². The number of likely N-dealkylation sites (N-methyl/N-ethyl adjacent to an activating group) is 1. The number of rotatable bonds is 4. The van der Waals surface area contributed by atoms with Crippen LogP contribution in [0.5, 0.6) is 11.5 Å². The zero-order valence-electron chi connectivity index (χ0n) is 18.6. The van der Waals surface area contributed by atoms with Crippen LogP contribution in [-0.4, -0.2) is 72.9 Å². The molecule has 0 aliphatic carbocycles. The van der Waals surface area contributed by atoms with Gasteiger partial charge in [0.15, 0.2) is 5.75 Å². The van der Waals surface area contributed by atoms with Crippen molar-refractivity contribution in [2.45, 2.75) is 24.6 Å². The fourth-order valence-corrected chi connectivity index (χ4v) is 4.06. The quantitative estimate of drug-likeness (QED) is 0.591. The van der Waals surface area contributed by atoms with Gasteiger partial charge in [-0.25, -0.2) is 4.99 Å². The Bertz CT molecular complexity index is 1140. The average Bonchev–Trinajstić information content (AvgIpc) is 2.95. The minimum Gasteiger partial charge on any atom is -0.454 e. The van der Waals surface area contributed by atoms with Gasteiger partial charge >= 0.3 is 12.1 Å². The number of alkyl halides is 5. The van der Waals surface area contributed by atoms with Crippen molar-refractivity contribution in [2.24, 2.45) is 4.99 Å². The molecule has 188 valence electrons. The Morgan fingerprint density at radius 2 is 1.89 bits per heavy atom. The van der Waals surface area contributed by atoms with Crippen LogP contribution in [0.2, 0.25) is 5.02 Å². The number of amides is 1. The summed E-state index contributed by atoms with van der Waals surface area (Å²) in [6.07, 6.45) is -5.99. The van der Waals surface area contributed by atoms with Crippen molar-refractivity contribution in [1.82, 2.24) is 15.1 Å². The summed E-state index contributed by atoms with van der Waals surface area (Å²) in [4.78, 5) is 20.8. The second-order valence-electron chi connectivity index (χ2n) is 8.41. The smallest absolute Gasteiger partial charge is 0.454 e. The Morgan fingerprint density at radius 3 is 2.63 bits per heavy atom. The lowest BCUT2D eigenvalue weighted by atomic mass is 10.1. The van der Waals surface area contributed by atoms with Crippen molar-refractivity contribution in [2.75, 3.05) is 33.2 Å². The van der Waals surface area contributed by atoms with Crippen molar-refractivity contribution in [3.63, 3.8) is 0 Å². The minimum absolute atomic E-state index is 0.255. The molecule has 0 bridgehead atoms. The highest BCUT2D eigenvalue weighted by atomic mass is 35.5. The van der Waals surface area contributed by atoms with Crippen LogP contribution in [0.4, 0.5) is 27.6 Å². The molecule has 1 unspecified atom stereocenters. The van der Waals surface area contributed by atoms with Gasteiger partial charge in [-0.15, -0.1) is 0 Å². The van der Waals surface area contributed by atoms with Gasteiger partial charge < -0.3 is 15.0 Å². The van der Waals surface area contributed by atoms with Crippen molar-refractivity contribution in [3.8, 4) is 11.5 Å². The van der Waals surface area contributed by atoms with Gasteiger partial charge in [0.1, 0.15) is 17.3 Å². The number of nitrogens with zero attached hydrogens (tertiary/aromatic N) is 3. The highest BCUT2D eigenvalue weighted by Gasteiger charge is 2.57. The first-order valence-corrected chi connectivity index (χ1v) is 11.1. The number of aliphatic imine (C=N–C) groups is 1. The molecule has 1 saturated heterocycles. The van der Waals surface area contributed by atoms with Gasteiger partial charge in [0.2, 0.25) is 5.91 Å². The van der Waals surface area contributed by atoms with Gasteiger partial charge in [-0.1, -0.05) is 23.7 Å². The second-order valence-corrected chi connectivity index (χ2v) is 8.85. The normalized spacial score (nSPS) is 18.7. The highest BCUT2D eigenvalue weighted by molar-refractivity contribution is 6.31. The monoisotopic (exact) mass is 516 g/mol. The number of hydrogen-bond acceptors (Lipinski definition) is 5. The Labute approximate surface area is 203 Å². The van der Waals surface area contributed by atoms with E-state index in [2.05, 4.69) is 0 Å². The molecular formula is C23H22ClF5N4O2. The summed E-state index contributed by atoms with van der Waals surface area (Å²) in [6, 6.07) is 11.9. The summed E-state index contributed by atoms with van der Waals surface area (Å²) in [5.74, 6) is -4.21. The predicted octanol–water partition coefficient (Wildman–Crippen LogP) is 4.84. The van der Waals surface area contributed by atoms with Crippen LogP contribution in [0.15, 0.2) is 47.5 Å². The summed E-state index contributed by atoms with van der Waals surface area (Å²) in [7, 11) is 1.76. The number of benzene rings is 2. The molecule has 0 aromatic heterocycles. The van der Waals surface area contributed by atoms with Crippen LogP contribution in [0.1, 0.15) is 12.0 Å². The van der Waals surface area contributed by atoms with Crippen LogP contribution < -0.4 is 10.1 Å². The second kappa shape index (κ2) is 9.62. The Hall–Kier alpha value is -2.92. The molecule has 1 fully saturated rings. The van der Waals surface area contributed by atoms with Crippen LogP contribution in [0.25, 0.3) is 0 Å². The third-order valence-electron chi connectivity index (χ3n) is 5.92. The lowest BCUT2D eigenvalue weighted by molar-refractivity contribution is -0.278. The lowest BCUT2D eigenvalue weighted by Crippen LogP contribution is -2.55. The number of para-hydroxylation sites is 1. The van der Waals surface area contributed by atoms with Gasteiger partial charge in [0, 0.05) is 37.1 Å². The van der Waals surface area contributed by atoms with E-state index in [0.717, 1.165) is 5.56 Å². The molecule has 2 aliphatic rings. The largest absolute Gasteiger partial charge is 0.455 e. The number of nitrogens with one attached hydrogen (secondary N) is 1. The van der Waals surface area contributed by atoms with E-state index in [0.29, 0.717) is 47.7 Å². The van der Waals surface area contributed by atoms with Crippen LogP contribution >= 0.6 is 11.6 Å². The molecule has 4 rings (SSSR count). The average molecular weight is 517 g/mol. The van der Waals surface area contributed by atoms with Gasteiger partial charge in [0.05, 0.1) is 12.1 Å². The number of fused-ring (bicyclic) bond motifs is 2. The van der Waals surface area contributed by atoms with E-state index in [1.165, 1.54) is 0 Å². The molecule has 35 heavy (non-hydrogen) atoms. The molecule has 2 aromatic carbocycles. The van der Waals surface area contributed by atoms with Crippen molar-refractivity contribution >= 4 is 29.0 Å². The molecule has 2 aliphatic heterocycles. The number of hydrogen-bond donors (Lipinski definition) is 1. The Morgan fingerprint density at radius 1 is 1.14 bits per heavy atom. The van der Waals surface area contributed by atoms with Crippen LogP contribution in [-0.2, 0) is 4.79 Å². The van der Waals surface area contributed by atoms with E-state index in [9.17, 15) is 26.7 Å². The topological polar surface area (TPSA) is 57.2 Å². The molecule has 12 heteroatoms. The Kier molecular flexibility index (Phi) is 6.92. The van der Waals surface area contributed by atoms with Gasteiger partial charge in [0.25, 0.3) is 0 Å². The summed E-state index contributed by atoms with van der Waals surface area (Å²) in [6.45, 7) is -0.446. The van der Waals surface area contributed by atoms with E-state index in [-0.39, 0.29) is 6.42 Å². The SMILES string of the molecule is CN1CCN(C2=Nc3cc(Cl)ccc3Oc3ccccc32)CC1CC(=O)NCC(F)(F)C(F)(F)F. The molecule has 2 heterocycles. The number of halogens is 6. The molecule has 2 aromatic rings. The zero-order valence-corrected chi connectivity index (χ0v) is 19.3. The standard InChI is InChI=1S/C23H22ClF5N4O2/c1-32-8-9-33(12-15(32)11-20(34)30-13-22(25,26)23(27,28)29)21-16-4-2-3-5-18(16)35-19-7-6-14(24)10-17(19)31-21/h2-7,10,15H,8-9,11-13H2,1H3,(H,30,34). The van der Waals surface area contributed by atoms with E-state index in [1.54, 1.807) is 36.6 Å². The summed E-state index contributed by atoms with van der Waals surface area (Å²) in [5, 5.41) is 2.19. The highest BCUT2D eigenvalue weighted by Crippen LogP contribution is 2.40. The molecule has 1 N–H and O–H groups in total. The van der Waals surface area contributed by atoms with Crippen LogP contribution in [0, 0.1) is 0 Å². The number of amidine groups is 1. The molecule has 6 nitrogen and oxygen atoms in total. The first kappa shape index (κ1) is 25.2. The number of carbonyl (C=O) groups is 1. The number of piperazine rings is 1. The number of carbonyl (C=O) groups excluding carboxylic acids is 1. The van der Waals surface area contributed by atoms with E-state index in [1.807, 2.05) is 28.0 Å². The molecular weight excluding hydrogens is 495 g/mol. The van der Waals surface area contributed by atoms with E-state index < -0.39 is 30.6 Å². The molecule has 1 atom stereocenters. The fourth-order valence-electron chi connectivity index (χ4n) is 3.89. The number of ether oxygens (including phenoxy) is 1. The van der Waals surface area contributed by atoms with Crippen LogP contribution in [0.3, 0.4) is 0 Å². The van der Waals surface area contributed by atoms with E-state index in [4.69, 9.17) is 21.3 Å². The molecule has 0 radical (unpaired) electrons. The predicted molar refractivity (Wildman–Crippen MR) is 121 cm³/mol. The maximum Gasteiger partial charge on any atom is 0.455 e. The summed E-state index contributed by atoms with van der Waals surface area (Å²) < 4.78 is 69.6. The summed E-state index contributed by atoms with van der Waals surface area (Å²) in [5.41, 5.74) is 1.24. The third kappa shape index (κ3) is 5.51. The zero-order chi connectivity index (χ0) is 25.4. The molecule has 0 saturated carbocycles. The Balaban J connectivity index is 1.54. The van der Waals surface area contributed by atoms with Gasteiger partial charge in [-0.2, -0.15) is 22.0 Å². The van der Waals surface area contributed by atoms with Crippen molar-refractivity contribution in [3.05, 3.63) is 53.1 Å². The maximum absolute atomic E-state index is 13.2. The minimum atomic E-state index is -5.73. The first-order chi connectivity index (χ1) is 16.4. The third-order valence-corrected chi connectivity index (χ3v) is 6.15. The maximum atomic E-state index is 13.2.